The van der Waals surface area contributed by atoms with Gasteiger partial charge in [-0.15, -0.1) is 0 Å². The van der Waals surface area contributed by atoms with Crippen LogP contribution < -0.4 is 10.6 Å². The van der Waals surface area contributed by atoms with Crippen molar-refractivity contribution in [2.24, 2.45) is 0 Å². The van der Waals surface area contributed by atoms with Gasteiger partial charge in [-0.25, -0.2) is 0 Å². The van der Waals surface area contributed by atoms with Crippen LogP contribution in [0.1, 0.15) is 42.9 Å². The molecule has 0 saturated carbocycles. The highest BCUT2D eigenvalue weighted by atomic mass is 16.5. The molecule has 0 bridgehead atoms. The molecule has 6 heteroatoms. The van der Waals surface area contributed by atoms with Crippen molar-refractivity contribution < 1.29 is 19.1 Å². The highest BCUT2D eigenvalue weighted by Crippen LogP contribution is 2.17. The van der Waals surface area contributed by atoms with Crippen LogP contribution in [0, 0.1) is 13.8 Å². The summed E-state index contributed by atoms with van der Waals surface area (Å²) in [6.45, 7) is 5.60. The Bertz CT molecular complexity index is 860. The second-order valence-corrected chi connectivity index (χ2v) is 6.98. The summed E-state index contributed by atoms with van der Waals surface area (Å²) in [4.78, 5) is 35.7. The first-order valence-corrected chi connectivity index (χ1v) is 9.79. The average molecular weight is 396 g/mol. The molecule has 6 nitrogen and oxygen atoms in total. The number of esters is 1. The van der Waals surface area contributed by atoms with Crippen molar-refractivity contribution in [1.82, 2.24) is 0 Å². The molecule has 2 amide bonds. The number of carbonyl (C=O) groups is 3. The zero-order valence-corrected chi connectivity index (χ0v) is 17.2. The molecule has 0 aliphatic heterocycles. The van der Waals surface area contributed by atoms with Gasteiger partial charge in [-0.05, 0) is 61.6 Å². The van der Waals surface area contributed by atoms with Crippen LogP contribution in [-0.2, 0) is 25.5 Å². The fraction of sp³-hybridized carbons (Fsp3) is 0.348. The summed E-state index contributed by atoms with van der Waals surface area (Å²) in [6.07, 6.45) is 1.57. The Morgan fingerprint density at radius 1 is 0.897 bits per heavy atom. The predicted octanol–water partition coefficient (Wildman–Crippen LogP) is 4.16. The number of benzene rings is 2. The third-order valence-corrected chi connectivity index (χ3v) is 4.46. The minimum atomic E-state index is -0.499. The van der Waals surface area contributed by atoms with Crippen molar-refractivity contribution in [2.75, 3.05) is 17.2 Å². The van der Waals surface area contributed by atoms with E-state index >= 15 is 0 Å². The molecule has 2 aromatic carbocycles. The molecule has 2 aromatic rings. The first kappa shape index (κ1) is 22.1. The summed E-state index contributed by atoms with van der Waals surface area (Å²) in [7, 11) is 0. The molecule has 0 atom stereocenters. The van der Waals surface area contributed by atoms with Gasteiger partial charge in [-0.1, -0.05) is 31.2 Å². The van der Waals surface area contributed by atoms with Crippen molar-refractivity contribution in [3.8, 4) is 0 Å². The summed E-state index contributed by atoms with van der Waals surface area (Å²) in [5.41, 5.74) is 4.66. The maximum atomic E-state index is 12.0. The zero-order valence-electron chi connectivity index (χ0n) is 17.2. The number of ether oxygens (including phenoxy) is 1. The minimum absolute atomic E-state index is 0.0820. The zero-order chi connectivity index (χ0) is 21.2. The summed E-state index contributed by atoms with van der Waals surface area (Å²) in [6, 6.07) is 13.3. The van der Waals surface area contributed by atoms with Gasteiger partial charge in [0.2, 0.25) is 5.91 Å². The second kappa shape index (κ2) is 11.0. The van der Waals surface area contributed by atoms with Crippen molar-refractivity contribution in [1.29, 1.82) is 0 Å². The number of rotatable bonds is 9. The lowest BCUT2D eigenvalue weighted by Crippen LogP contribution is -2.21. The molecule has 0 aromatic heterocycles. The number of carbonyl (C=O) groups excluding carboxylic acids is 3. The maximum Gasteiger partial charge on any atom is 0.306 e. The number of hydrogen-bond donors (Lipinski definition) is 2. The van der Waals surface area contributed by atoms with E-state index in [9.17, 15) is 14.4 Å². The number of anilines is 2. The van der Waals surface area contributed by atoms with Gasteiger partial charge in [0.1, 0.15) is 0 Å². The average Bonchev–Trinajstić information content (AvgIpc) is 2.70. The van der Waals surface area contributed by atoms with Crippen LogP contribution in [0.15, 0.2) is 42.5 Å². The van der Waals surface area contributed by atoms with Gasteiger partial charge >= 0.3 is 5.97 Å². The van der Waals surface area contributed by atoms with Gasteiger partial charge in [0.15, 0.2) is 6.61 Å². The van der Waals surface area contributed by atoms with E-state index in [-0.39, 0.29) is 25.4 Å². The van der Waals surface area contributed by atoms with Gasteiger partial charge < -0.3 is 15.4 Å². The second-order valence-electron chi connectivity index (χ2n) is 6.98. The molecule has 2 N–H and O–H groups in total. The molecule has 0 fully saturated rings. The van der Waals surface area contributed by atoms with Crippen LogP contribution >= 0.6 is 0 Å². The normalized spacial score (nSPS) is 10.3. The van der Waals surface area contributed by atoms with Crippen LogP contribution in [-0.4, -0.2) is 24.4 Å². The van der Waals surface area contributed by atoms with E-state index in [1.165, 1.54) is 5.56 Å². The van der Waals surface area contributed by atoms with E-state index in [1.54, 1.807) is 0 Å². The first-order valence-electron chi connectivity index (χ1n) is 9.79. The van der Waals surface area contributed by atoms with Gasteiger partial charge in [-0.3, -0.25) is 14.4 Å². The van der Waals surface area contributed by atoms with Gasteiger partial charge in [0.05, 0.1) is 0 Å². The molecule has 0 aliphatic carbocycles. The van der Waals surface area contributed by atoms with Crippen molar-refractivity contribution in [3.63, 3.8) is 0 Å². The molecular weight excluding hydrogens is 368 g/mol. The number of hydrogen-bond acceptors (Lipinski definition) is 4. The van der Waals surface area contributed by atoms with Crippen molar-refractivity contribution in [3.05, 3.63) is 59.2 Å². The maximum absolute atomic E-state index is 12.0. The van der Waals surface area contributed by atoms with Gasteiger partial charge in [0, 0.05) is 24.2 Å². The molecule has 0 heterocycles. The van der Waals surface area contributed by atoms with E-state index in [2.05, 4.69) is 17.6 Å². The lowest BCUT2D eigenvalue weighted by atomic mass is 10.1. The topological polar surface area (TPSA) is 84.5 Å². The highest BCUT2D eigenvalue weighted by Gasteiger charge is 2.10. The van der Waals surface area contributed by atoms with E-state index < -0.39 is 11.9 Å². The third-order valence-electron chi connectivity index (χ3n) is 4.46. The molecule has 0 saturated heterocycles. The molecule has 2 rings (SSSR count). The molecule has 0 spiro atoms. The van der Waals surface area contributed by atoms with E-state index in [0.717, 1.165) is 23.2 Å². The Morgan fingerprint density at radius 2 is 1.62 bits per heavy atom. The van der Waals surface area contributed by atoms with E-state index in [4.69, 9.17) is 4.74 Å². The number of nitrogens with one attached hydrogen (secondary N) is 2. The molecule has 0 aliphatic rings. The Morgan fingerprint density at radius 3 is 2.31 bits per heavy atom. The Kier molecular flexibility index (Phi) is 8.40. The van der Waals surface area contributed by atoms with E-state index in [1.807, 2.05) is 56.3 Å². The van der Waals surface area contributed by atoms with Crippen LogP contribution in [0.2, 0.25) is 0 Å². The van der Waals surface area contributed by atoms with Crippen LogP contribution in [0.4, 0.5) is 11.4 Å². The summed E-state index contributed by atoms with van der Waals surface area (Å²) < 4.78 is 4.97. The monoisotopic (exact) mass is 396 g/mol. The predicted molar refractivity (Wildman–Crippen MR) is 114 cm³/mol. The number of aryl methyl sites for hydroxylation is 3. The highest BCUT2D eigenvalue weighted by molar-refractivity contribution is 5.93. The standard InChI is InChI=1S/C23H28N2O4/c1-4-18-10-12-19(13-11-18)24-22(27)15-29-23(28)7-5-6-21(26)25-20-14-16(2)8-9-17(20)3/h8-14H,4-7,15H2,1-3H3,(H,24,27)(H,25,26). The van der Waals surface area contributed by atoms with Crippen molar-refractivity contribution >= 4 is 29.2 Å². The Hall–Kier alpha value is -3.15. The summed E-state index contributed by atoms with van der Waals surface area (Å²) >= 11 is 0. The van der Waals surface area contributed by atoms with Crippen molar-refractivity contribution in [2.45, 2.75) is 46.5 Å². The minimum Gasteiger partial charge on any atom is -0.456 e. The summed E-state index contributed by atoms with van der Waals surface area (Å²) in [5, 5.41) is 5.53. The third kappa shape index (κ3) is 7.78. The largest absolute Gasteiger partial charge is 0.456 e. The Labute approximate surface area is 171 Å². The smallest absolute Gasteiger partial charge is 0.306 e. The van der Waals surface area contributed by atoms with Gasteiger partial charge in [-0.2, -0.15) is 0 Å². The molecule has 29 heavy (non-hydrogen) atoms. The lowest BCUT2D eigenvalue weighted by molar-refractivity contribution is -0.147. The quantitative estimate of drug-likeness (QED) is 0.624. The van der Waals surface area contributed by atoms with Crippen LogP contribution in [0.5, 0.6) is 0 Å². The molecule has 0 radical (unpaired) electrons. The van der Waals surface area contributed by atoms with Gasteiger partial charge in [0.25, 0.3) is 5.91 Å². The SMILES string of the molecule is CCc1ccc(NC(=O)COC(=O)CCCC(=O)Nc2cc(C)ccc2C)cc1. The number of amides is 2. The van der Waals surface area contributed by atoms with Crippen LogP contribution in [0.3, 0.4) is 0 Å². The van der Waals surface area contributed by atoms with E-state index in [0.29, 0.717) is 12.1 Å². The first-order chi connectivity index (χ1) is 13.9. The fourth-order valence-corrected chi connectivity index (χ4v) is 2.72. The fourth-order valence-electron chi connectivity index (χ4n) is 2.72. The Balaban J connectivity index is 1.65. The van der Waals surface area contributed by atoms with Crippen LogP contribution in [0.25, 0.3) is 0 Å². The molecule has 0 unspecified atom stereocenters. The summed E-state index contributed by atoms with van der Waals surface area (Å²) in [5.74, 6) is -1.05. The molecular formula is C23H28N2O4. The molecule has 154 valence electrons. The lowest BCUT2D eigenvalue weighted by Gasteiger charge is -2.09.